The van der Waals surface area contributed by atoms with Crippen molar-refractivity contribution in [2.24, 2.45) is 5.73 Å². The van der Waals surface area contributed by atoms with Crippen LogP contribution in [0.3, 0.4) is 0 Å². The molecular formula is C23H28N6O2. The fourth-order valence-electron chi connectivity index (χ4n) is 3.97. The highest BCUT2D eigenvalue weighted by Gasteiger charge is 2.31. The Morgan fingerprint density at radius 2 is 1.90 bits per heavy atom. The highest BCUT2D eigenvalue weighted by Crippen LogP contribution is 2.21. The molecular weight excluding hydrogens is 392 g/mol. The predicted molar refractivity (Wildman–Crippen MR) is 119 cm³/mol. The number of rotatable bonds is 8. The van der Waals surface area contributed by atoms with Crippen LogP contribution in [-0.2, 0) is 16.0 Å². The van der Waals surface area contributed by atoms with Crippen molar-refractivity contribution in [2.75, 3.05) is 13.1 Å². The van der Waals surface area contributed by atoms with Crippen LogP contribution in [0.1, 0.15) is 30.3 Å². The zero-order valence-electron chi connectivity index (χ0n) is 17.3. The molecule has 1 aliphatic heterocycles. The van der Waals surface area contributed by atoms with Crippen LogP contribution in [-0.4, -0.2) is 47.0 Å². The summed E-state index contributed by atoms with van der Waals surface area (Å²) in [6.45, 7) is 0.490. The molecule has 1 saturated heterocycles. The second kappa shape index (κ2) is 9.72. The van der Waals surface area contributed by atoms with Gasteiger partial charge in [0.1, 0.15) is 5.82 Å². The molecule has 0 spiro atoms. The molecule has 0 aliphatic carbocycles. The van der Waals surface area contributed by atoms with Crippen LogP contribution < -0.4 is 21.7 Å². The average molecular weight is 421 g/mol. The Hall–Kier alpha value is -3.23. The number of fused-ring (bicyclic) bond motifs is 1. The molecule has 3 atom stereocenters. The first-order valence-corrected chi connectivity index (χ1v) is 10.6. The van der Waals surface area contributed by atoms with Gasteiger partial charge in [-0.25, -0.2) is 4.98 Å². The van der Waals surface area contributed by atoms with Gasteiger partial charge in [0.25, 0.3) is 0 Å². The topological polar surface area (TPSA) is 125 Å². The number of nitrogens with one attached hydrogen (secondary N) is 4. The van der Waals surface area contributed by atoms with E-state index in [0.29, 0.717) is 13.0 Å². The van der Waals surface area contributed by atoms with Gasteiger partial charge in [0.05, 0.1) is 29.7 Å². The summed E-state index contributed by atoms with van der Waals surface area (Å²) in [6.07, 6.45) is 2.06. The molecule has 2 aromatic carbocycles. The van der Waals surface area contributed by atoms with E-state index < -0.39 is 0 Å². The van der Waals surface area contributed by atoms with E-state index in [1.807, 2.05) is 42.5 Å². The standard InChI is InChI=1S/C23H28N6O2/c24-13-21(30)26-16-12-20(25-14-16)23(31)29-19(11-10-15-6-2-1-3-7-15)22-27-17-8-4-5-9-18(17)28-22/h1-9,16,19-20,25H,10-14,24H2,(H,26,30)(H,27,28)(H,29,31)/t16-,19+,20+/m1/s1. The van der Waals surface area contributed by atoms with Gasteiger partial charge < -0.3 is 26.7 Å². The van der Waals surface area contributed by atoms with Gasteiger partial charge in [0.2, 0.25) is 11.8 Å². The van der Waals surface area contributed by atoms with E-state index in [-0.39, 0.29) is 36.5 Å². The molecule has 2 heterocycles. The molecule has 0 bridgehead atoms. The Balaban J connectivity index is 1.46. The highest BCUT2D eigenvalue weighted by atomic mass is 16.2. The number of carbonyl (C=O) groups excluding carboxylic acids is 2. The third-order valence-electron chi connectivity index (χ3n) is 5.62. The number of imidazole rings is 1. The van der Waals surface area contributed by atoms with Crippen LogP contribution in [0, 0.1) is 0 Å². The number of aryl methyl sites for hydroxylation is 1. The van der Waals surface area contributed by atoms with Gasteiger partial charge in [-0.1, -0.05) is 42.5 Å². The third-order valence-corrected chi connectivity index (χ3v) is 5.62. The maximum atomic E-state index is 13.0. The summed E-state index contributed by atoms with van der Waals surface area (Å²) >= 11 is 0. The Morgan fingerprint density at radius 3 is 2.68 bits per heavy atom. The zero-order chi connectivity index (χ0) is 21.6. The van der Waals surface area contributed by atoms with Crippen LogP contribution in [0.25, 0.3) is 11.0 Å². The van der Waals surface area contributed by atoms with E-state index in [4.69, 9.17) is 10.7 Å². The molecule has 8 heteroatoms. The summed E-state index contributed by atoms with van der Waals surface area (Å²) in [6, 6.07) is 17.3. The maximum Gasteiger partial charge on any atom is 0.237 e. The van der Waals surface area contributed by atoms with Gasteiger partial charge in [-0.05, 0) is 37.0 Å². The number of hydrogen-bond donors (Lipinski definition) is 5. The Morgan fingerprint density at radius 1 is 1.13 bits per heavy atom. The molecule has 6 N–H and O–H groups in total. The van der Waals surface area contributed by atoms with Crippen molar-refractivity contribution in [1.29, 1.82) is 0 Å². The number of nitrogens with two attached hydrogens (primary N) is 1. The number of aromatic amines is 1. The maximum absolute atomic E-state index is 13.0. The first-order valence-electron chi connectivity index (χ1n) is 10.6. The van der Waals surface area contributed by atoms with Crippen molar-refractivity contribution in [3.05, 3.63) is 66.0 Å². The van der Waals surface area contributed by atoms with Crippen molar-refractivity contribution in [3.8, 4) is 0 Å². The summed E-state index contributed by atoms with van der Waals surface area (Å²) in [7, 11) is 0. The second-order valence-electron chi connectivity index (χ2n) is 7.89. The molecule has 3 aromatic rings. The van der Waals surface area contributed by atoms with Gasteiger partial charge in [-0.15, -0.1) is 0 Å². The lowest BCUT2D eigenvalue weighted by atomic mass is 10.0. The number of carbonyl (C=O) groups is 2. The van der Waals surface area contributed by atoms with Crippen LogP contribution >= 0.6 is 0 Å². The van der Waals surface area contributed by atoms with E-state index in [2.05, 4.69) is 33.1 Å². The molecule has 1 aliphatic rings. The first kappa shape index (κ1) is 21.0. The Kier molecular flexibility index (Phi) is 6.59. The summed E-state index contributed by atoms with van der Waals surface area (Å²) in [5.74, 6) is 0.440. The minimum absolute atomic E-state index is 0.0546. The summed E-state index contributed by atoms with van der Waals surface area (Å²) in [5, 5.41) is 9.19. The van der Waals surface area contributed by atoms with Crippen molar-refractivity contribution >= 4 is 22.8 Å². The molecule has 0 saturated carbocycles. The lowest BCUT2D eigenvalue weighted by Gasteiger charge is -2.20. The molecule has 4 rings (SSSR count). The highest BCUT2D eigenvalue weighted by molar-refractivity contribution is 5.83. The minimum Gasteiger partial charge on any atom is -0.351 e. The van der Waals surface area contributed by atoms with Crippen LogP contribution in [0.5, 0.6) is 0 Å². The minimum atomic E-state index is -0.369. The fourth-order valence-corrected chi connectivity index (χ4v) is 3.97. The van der Waals surface area contributed by atoms with Gasteiger partial charge in [-0.3, -0.25) is 9.59 Å². The number of para-hydroxylation sites is 2. The number of aromatic nitrogens is 2. The quantitative estimate of drug-likeness (QED) is 0.374. The average Bonchev–Trinajstić information content (AvgIpc) is 3.44. The number of benzene rings is 2. The first-order chi connectivity index (χ1) is 15.1. The normalized spacial score (nSPS) is 19.3. The summed E-state index contributed by atoms with van der Waals surface area (Å²) in [5.41, 5.74) is 8.40. The zero-order valence-corrected chi connectivity index (χ0v) is 17.3. The SMILES string of the molecule is NCC(=O)N[C@H]1CN[C@H](C(=O)N[C@@H](CCc2ccccc2)c2nc3ccccc3[nH]2)C1. The van der Waals surface area contributed by atoms with E-state index >= 15 is 0 Å². The molecule has 0 unspecified atom stereocenters. The van der Waals surface area contributed by atoms with Gasteiger partial charge in [0.15, 0.2) is 0 Å². The molecule has 2 amide bonds. The molecule has 1 aromatic heterocycles. The van der Waals surface area contributed by atoms with Crippen molar-refractivity contribution in [1.82, 2.24) is 25.9 Å². The summed E-state index contributed by atoms with van der Waals surface area (Å²) in [4.78, 5) is 32.6. The van der Waals surface area contributed by atoms with Gasteiger partial charge >= 0.3 is 0 Å². The number of hydrogen-bond acceptors (Lipinski definition) is 5. The van der Waals surface area contributed by atoms with Crippen molar-refractivity contribution in [3.63, 3.8) is 0 Å². The predicted octanol–water partition coefficient (Wildman–Crippen LogP) is 1.16. The smallest absolute Gasteiger partial charge is 0.237 e. The number of H-pyrrole nitrogens is 1. The van der Waals surface area contributed by atoms with Crippen LogP contribution in [0.4, 0.5) is 0 Å². The van der Waals surface area contributed by atoms with Gasteiger partial charge in [0, 0.05) is 12.6 Å². The largest absolute Gasteiger partial charge is 0.351 e. The van der Waals surface area contributed by atoms with Gasteiger partial charge in [-0.2, -0.15) is 0 Å². The third kappa shape index (κ3) is 5.28. The van der Waals surface area contributed by atoms with E-state index in [0.717, 1.165) is 29.7 Å². The number of nitrogens with zero attached hydrogens (tertiary/aromatic N) is 1. The van der Waals surface area contributed by atoms with Crippen molar-refractivity contribution < 1.29 is 9.59 Å². The Bertz CT molecular complexity index is 1000. The summed E-state index contributed by atoms with van der Waals surface area (Å²) < 4.78 is 0. The van der Waals surface area contributed by atoms with Crippen LogP contribution in [0.2, 0.25) is 0 Å². The molecule has 0 radical (unpaired) electrons. The van der Waals surface area contributed by atoms with E-state index in [1.165, 1.54) is 5.56 Å². The lowest BCUT2D eigenvalue weighted by molar-refractivity contribution is -0.124. The lowest BCUT2D eigenvalue weighted by Crippen LogP contribution is -2.42. The molecule has 8 nitrogen and oxygen atoms in total. The second-order valence-corrected chi connectivity index (χ2v) is 7.89. The Labute approximate surface area is 181 Å². The monoisotopic (exact) mass is 420 g/mol. The molecule has 162 valence electrons. The van der Waals surface area contributed by atoms with E-state index in [1.54, 1.807) is 0 Å². The fraction of sp³-hybridized carbons (Fsp3) is 0.348. The van der Waals surface area contributed by atoms with E-state index in [9.17, 15) is 9.59 Å². The van der Waals surface area contributed by atoms with Crippen molar-refractivity contribution in [2.45, 2.75) is 37.4 Å². The van der Waals surface area contributed by atoms with Crippen LogP contribution in [0.15, 0.2) is 54.6 Å². The molecule has 1 fully saturated rings. The number of amides is 2. The molecule has 31 heavy (non-hydrogen) atoms.